The molecule has 0 unspecified atom stereocenters. The van der Waals surface area contributed by atoms with Gasteiger partial charge in [-0.3, -0.25) is 9.59 Å². The maximum Gasteiger partial charge on any atom is 0.260 e. The lowest BCUT2D eigenvalue weighted by atomic mass is 10.2. The smallest absolute Gasteiger partial charge is 0.260 e. The molecule has 1 heterocycles. The van der Waals surface area contributed by atoms with E-state index in [0.29, 0.717) is 13.2 Å². The molecule has 1 amide bonds. The van der Waals surface area contributed by atoms with Crippen LogP contribution in [0, 0.1) is 5.92 Å². The van der Waals surface area contributed by atoms with Crippen molar-refractivity contribution in [3.8, 4) is 0 Å². The molecule has 18 heavy (non-hydrogen) atoms. The van der Waals surface area contributed by atoms with Crippen LogP contribution in [-0.2, 0) is 4.74 Å². The van der Waals surface area contributed by atoms with Gasteiger partial charge < -0.3 is 15.0 Å². The monoisotopic (exact) mass is 250 g/mol. The van der Waals surface area contributed by atoms with Crippen molar-refractivity contribution in [2.45, 2.75) is 19.3 Å². The molecule has 0 bridgehead atoms. The van der Waals surface area contributed by atoms with Gasteiger partial charge in [0, 0.05) is 26.0 Å². The van der Waals surface area contributed by atoms with Crippen molar-refractivity contribution in [3.05, 3.63) is 34.2 Å². The van der Waals surface area contributed by atoms with Crippen LogP contribution >= 0.6 is 0 Å². The minimum atomic E-state index is -0.361. The van der Waals surface area contributed by atoms with Gasteiger partial charge in [-0.2, -0.15) is 0 Å². The van der Waals surface area contributed by atoms with Gasteiger partial charge in [0.15, 0.2) is 0 Å². The fourth-order valence-electron chi connectivity index (χ4n) is 1.61. The first-order chi connectivity index (χ1) is 8.77. The standard InChI is InChI=1S/C13H18N2O3/c16-12-11(3-1-6-14-12)13(17)15-7-2-8-18-9-10-4-5-10/h1,3,6,10H,2,4-5,7-9H2,(H,14,16)(H,15,17). The van der Waals surface area contributed by atoms with E-state index in [9.17, 15) is 9.59 Å². The van der Waals surface area contributed by atoms with Crippen LogP contribution in [0.2, 0.25) is 0 Å². The summed E-state index contributed by atoms with van der Waals surface area (Å²) in [4.78, 5) is 25.5. The number of pyridine rings is 1. The van der Waals surface area contributed by atoms with E-state index < -0.39 is 0 Å². The number of hydrogen-bond acceptors (Lipinski definition) is 3. The molecule has 2 N–H and O–H groups in total. The molecule has 0 aromatic carbocycles. The third kappa shape index (κ3) is 4.00. The first-order valence-corrected chi connectivity index (χ1v) is 6.31. The molecular formula is C13H18N2O3. The number of amides is 1. The zero-order valence-electron chi connectivity index (χ0n) is 10.3. The summed E-state index contributed by atoms with van der Waals surface area (Å²) in [6.07, 6.45) is 4.84. The van der Waals surface area contributed by atoms with E-state index >= 15 is 0 Å². The molecular weight excluding hydrogens is 232 g/mol. The summed E-state index contributed by atoms with van der Waals surface area (Å²) in [6.45, 7) is 2.02. The van der Waals surface area contributed by atoms with E-state index in [1.54, 1.807) is 6.07 Å². The Labute approximate surface area is 106 Å². The van der Waals surface area contributed by atoms with Gasteiger partial charge in [0.25, 0.3) is 11.5 Å². The molecule has 0 spiro atoms. The number of hydrogen-bond donors (Lipinski definition) is 2. The Morgan fingerprint density at radius 2 is 2.33 bits per heavy atom. The fourth-order valence-corrected chi connectivity index (χ4v) is 1.61. The second-order valence-electron chi connectivity index (χ2n) is 4.54. The lowest BCUT2D eigenvalue weighted by Crippen LogP contribution is -2.30. The van der Waals surface area contributed by atoms with Crippen LogP contribution in [0.3, 0.4) is 0 Å². The highest BCUT2D eigenvalue weighted by atomic mass is 16.5. The molecule has 0 radical (unpaired) electrons. The number of nitrogens with one attached hydrogen (secondary N) is 2. The fraction of sp³-hybridized carbons (Fsp3) is 0.538. The number of H-pyrrole nitrogens is 1. The van der Waals surface area contributed by atoms with E-state index in [0.717, 1.165) is 18.9 Å². The molecule has 2 rings (SSSR count). The summed E-state index contributed by atoms with van der Waals surface area (Å²) in [6, 6.07) is 3.15. The number of carbonyl (C=O) groups excluding carboxylic acids is 1. The predicted molar refractivity (Wildman–Crippen MR) is 67.6 cm³/mol. The summed E-state index contributed by atoms with van der Waals surface area (Å²) in [5, 5.41) is 2.70. The highest BCUT2D eigenvalue weighted by Gasteiger charge is 2.20. The molecule has 5 heteroatoms. The summed E-state index contributed by atoms with van der Waals surface area (Å²) in [5.74, 6) is 0.432. The van der Waals surface area contributed by atoms with Gasteiger partial charge in [-0.1, -0.05) is 0 Å². The Bertz CT molecular complexity index is 452. The largest absolute Gasteiger partial charge is 0.381 e. The van der Waals surface area contributed by atoms with Gasteiger partial charge in [-0.25, -0.2) is 0 Å². The molecule has 1 aromatic rings. The summed E-state index contributed by atoms with van der Waals surface area (Å²) in [7, 11) is 0. The number of aromatic amines is 1. The number of carbonyl (C=O) groups is 1. The lowest BCUT2D eigenvalue weighted by Gasteiger charge is -2.05. The highest BCUT2D eigenvalue weighted by Crippen LogP contribution is 2.28. The summed E-state index contributed by atoms with van der Waals surface area (Å²) < 4.78 is 5.45. The van der Waals surface area contributed by atoms with Crippen LogP contribution in [0.25, 0.3) is 0 Å². The highest BCUT2D eigenvalue weighted by molar-refractivity contribution is 5.93. The molecule has 98 valence electrons. The first-order valence-electron chi connectivity index (χ1n) is 6.31. The molecule has 0 saturated heterocycles. The van der Waals surface area contributed by atoms with Crippen molar-refractivity contribution in [2.75, 3.05) is 19.8 Å². The second-order valence-corrected chi connectivity index (χ2v) is 4.54. The van der Waals surface area contributed by atoms with Crippen LogP contribution in [0.4, 0.5) is 0 Å². The van der Waals surface area contributed by atoms with Gasteiger partial charge in [-0.05, 0) is 37.3 Å². The average molecular weight is 250 g/mol. The van der Waals surface area contributed by atoms with Crippen LogP contribution in [-0.4, -0.2) is 30.6 Å². The molecule has 1 saturated carbocycles. The van der Waals surface area contributed by atoms with Crippen molar-refractivity contribution >= 4 is 5.91 Å². The molecule has 5 nitrogen and oxygen atoms in total. The van der Waals surface area contributed by atoms with Crippen molar-refractivity contribution < 1.29 is 9.53 Å². The van der Waals surface area contributed by atoms with Crippen molar-refractivity contribution in [1.29, 1.82) is 0 Å². The van der Waals surface area contributed by atoms with Gasteiger partial charge in [-0.15, -0.1) is 0 Å². The van der Waals surface area contributed by atoms with E-state index in [1.807, 2.05) is 0 Å². The summed E-state index contributed by atoms with van der Waals surface area (Å²) >= 11 is 0. The SMILES string of the molecule is O=C(NCCCOCC1CC1)c1ccc[nH]c1=O. The third-order valence-corrected chi connectivity index (χ3v) is 2.86. The second kappa shape index (κ2) is 6.35. The molecule has 1 aliphatic carbocycles. The van der Waals surface area contributed by atoms with Gasteiger partial charge in [0.2, 0.25) is 0 Å². The van der Waals surface area contributed by atoms with Crippen molar-refractivity contribution in [2.24, 2.45) is 5.92 Å². The van der Waals surface area contributed by atoms with Crippen LogP contribution < -0.4 is 10.9 Å². The normalized spacial score (nSPS) is 14.4. The Hall–Kier alpha value is -1.62. The van der Waals surface area contributed by atoms with Crippen LogP contribution in [0.5, 0.6) is 0 Å². The number of rotatable bonds is 7. The first kappa shape index (κ1) is 12.8. The molecule has 1 aliphatic rings. The quantitative estimate of drug-likeness (QED) is 0.707. The molecule has 1 fully saturated rings. The van der Waals surface area contributed by atoms with Gasteiger partial charge in [0.1, 0.15) is 5.56 Å². The summed E-state index contributed by atoms with van der Waals surface area (Å²) in [5.41, 5.74) is -0.212. The number of aromatic nitrogens is 1. The Balaban J connectivity index is 1.62. The van der Waals surface area contributed by atoms with E-state index in [4.69, 9.17) is 4.74 Å². The predicted octanol–water partition coefficient (Wildman–Crippen LogP) is 0.921. The van der Waals surface area contributed by atoms with Crippen molar-refractivity contribution in [3.63, 3.8) is 0 Å². The number of ether oxygens (including phenoxy) is 1. The lowest BCUT2D eigenvalue weighted by molar-refractivity contribution is 0.0936. The van der Waals surface area contributed by atoms with Crippen molar-refractivity contribution in [1.82, 2.24) is 10.3 Å². The van der Waals surface area contributed by atoms with Gasteiger partial charge >= 0.3 is 0 Å². The maximum atomic E-state index is 11.6. The van der Waals surface area contributed by atoms with Crippen LogP contribution in [0.15, 0.2) is 23.1 Å². The Morgan fingerprint density at radius 3 is 3.06 bits per heavy atom. The van der Waals surface area contributed by atoms with E-state index in [1.165, 1.54) is 25.1 Å². The minimum Gasteiger partial charge on any atom is -0.381 e. The minimum absolute atomic E-state index is 0.149. The zero-order chi connectivity index (χ0) is 12.8. The van der Waals surface area contributed by atoms with Gasteiger partial charge in [0.05, 0.1) is 0 Å². The van der Waals surface area contributed by atoms with Crippen LogP contribution in [0.1, 0.15) is 29.6 Å². The molecule has 1 aromatic heterocycles. The molecule has 0 aliphatic heterocycles. The third-order valence-electron chi connectivity index (χ3n) is 2.86. The molecule has 0 atom stereocenters. The van der Waals surface area contributed by atoms with E-state index in [-0.39, 0.29) is 17.0 Å². The Kier molecular flexibility index (Phi) is 4.52. The Morgan fingerprint density at radius 1 is 1.50 bits per heavy atom. The van der Waals surface area contributed by atoms with E-state index in [2.05, 4.69) is 10.3 Å². The topological polar surface area (TPSA) is 71.2 Å². The maximum absolute atomic E-state index is 11.6. The average Bonchev–Trinajstić information content (AvgIpc) is 3.18. The zero-order valence-corrected chi connectivity index (χ0v) is 10.3.